The van der Waals surface area contributed by atoms with Gasteiger partial charge in [0, 0.05) is 29.8 Å². The van der Waals surface area contributed by atoms with Crippen molar-refractivity contribution in [3.8, 4) is 0 Å². The van der Waals surface area contributed by atoms with Crippen LogP contribution >= 0.6 is 15.9 Å². The number of carbonyl (C=O) groups excluding carboxylic acids is 1. The zero-order chi connectivity index (χ0) is 13.7. The van der Waals surface area contributed by atoms with Crippen molar-refractivity contribution in [3.63, 3.8) is 0 Å². The van der Waals surface area contributed by atoms with Gasteiger partial charge in [-0.1, -0.05) is 22.0 Å². The minimum absolute atomic E-state index is 0.0178. The van der Waals surface area contributed by atoms with Gasteiger partial charge in [-0.3, -0.25) is 9.69 Å². The van der Waals surface area contributed by atoms with Gasteiger partial charge in [0.1, 0.15) is 0 Å². The van der Waals surface area contributed by atoms with Crippen LogP contribution in [0.25, 0.3) is 0 Å². The van der Waals surface area contributed by atoms with Gasteiger partial charge in [-0.2, -0.15) is 0 Å². The number of anilines is 1. The monoisotopic (exact) mass is 327 g/mol. The molecule has 1 heterocycles. The maximum absolute atomic E-state index is 11.9. The number of nitrogens with one attached hydrogen (secondary N) is 1. The molecule has 3 N–H and O–H groups in total. The average molecular weight is 328 g/mol. The molecule has 0 aromatic heterocycles. The predicted molar refractivity (Wildman–Crippen MR) is 78.0 cm³/mol. The first-order valence-electron chi connectivity index (χ1n) is 6.27. The molecule has 1 aromatic carbocycles. The second-order valence-electron chi connectivity index (χ2n) is 4.52. The summed E-state index contributed by atoms with van der Waals surface area (Å²) in [6.07, 6.45) is 0.0346. The van der Waals surface area contributed by atoms with E-state index in [0.717, 1.165) is 16.7 Å². The first kappa shape index (κ1) is 14.5. The Morgan fingerprint density at radius 1 is 1.58 bits per heavy atom. The topological polar surface area (TPSA) is 67.6 Å². The molecule has 1 amide bonds. The molecule has 0 spiro atoms. The Morgan fingerprint density at radius 2 is 2.42 bits per heavy atom. The van der Waals surface area contributed by atoms with Crippen molar-refractivity contribution < 1.29 is 9.53 Å². The summed E-state index contributed by atoms with van der Waals surface area (Å²) in [5.41, 5.74) is 6.37. The molecule has 19 heavy (non-hydrogen) atoms. The molecular formula is C13H18BrN3O2. The smallest absolute Gasteiger partial charge is 0.238 e. The van der Waals surface area contributed by atoms with E-state index in [2.05, 4.69) is 26.1 Å². The fourth-order valence-electron chi connectivity index (χ4n) is 2.04. The highest BCUT2D eigenvalue weighted by atomic mass is 79.9. The highest BCUT2D eigenvalue weighted by Gasteiger charge is 2.20. The van der Waals surface area contributed by atoms with Gasteiger partial charge >= 0.3 is 0 Å². The minimum atomic E-state index is -0.0178. The van der Waals surface area contributed by atoms with E-state index < -0.39 is 0 Å². The van der Waals surface area contributed by atoms with Crippen molar-refractivity contribution in [2.45, 2.75) is 6.10 Å². The number of hydrogen-bond acceptors (Lipinski definition) is 4. The number of rotatable bonds is 4. The minimum Gasteiger partial charge on any atom is -0.374 e. The highest BCUT2D eigenvalue weighted by Crippen LogP contribution is 2.15. The number of halogens is 1. The van der Waals surface area contributed by atoms with Gasteiger partial charge in [-0.05, 0) is 18.2 Å². The standard InChI is InChI=1S/C13H18BrN3O2/c14-10-2-1-3-11(6-10)16-13(18)9-17-4-5-19-12(7-15)8-17/h1-3,6,12H,4-5,7-9,15H2,(H,16,18). The molecule has 5 nitrogen and oxygen atoms in total. The van der Waals surface area contributed by atoms with Crippen LogP contribution in [0.15, 0.2) is 28.7 Å². The number of ether oxygens (including phenoxy) is 1. The molecule has 0 radical (unpaired) electrons. The quantitative estimate of drug-likeness (QED) is 0.867. The normalized spacial score (nSPS) is 20.2. The molecule has 0 aliphatic carbocycles. The number of amides is 1. The van der Waals surface area contributed by atoms with Gasteiger partial charge in [-0.15, -0.1) is 0 Å². The summed E-state index contributed by atoms with van der Waals surface area (Å²) in [5, 5.41) is 2.88. The van der Waals surface area contributed by atoms with Gasteiger partial charge in [0.15, 0.2) is 0 Å². The molecule has 1 aliphatic rings. The van der Waals surface area contributed by atoms with Gasteiger partial charge < -0.3 is 15.8 Å². The zero-order valence-corrected chi connectivity index (χ0v) is 12.2. The predicted octanol–water partition coefficient (Wildman–Crippen LogP) is 1.05. The van der Waals surface area contributed by atoms with E-state index in [-0.39, 0.29) is 12.0 Å². The fraction of sp³-hybridized carbons (Fsp3) is 0.462. The molecule has 6 heteroatoms. The van der Waals surface area contributed by atoms with Crippen LogP contribution < -0.4 is 11.1 Å². The van der Waals surface area contributed by atoms with E-state index >= 15 is 0 Å². The van der Waals surface area contributed by atoms with Crippen LogP contribution in [0.5, 0.6) is 0 Å². The van der Waals surface area contributed by atoms with Crippen molar-refractivity contribution in [1.29, 1.82) is 0 Å². The van der Waals surface area contributed by atoms with E-state index in [9.17, 15) is 4.79 Å². The Balaban J connectivity index is 1.84. The number of morpholine rings is 1. The Kier molecular flexibility index (Phi) is 5.33. The zero-order valence-electron chi connectivity index (χ0n) is 10.6. The molecule has 0 bridgehead atoms. The lowest BCUT2D eigenvalue weighted by Crippen LogP contribution is -2.48. The van der Waals surface area contributed by atoms with Crippen molar-refractivity contribution in [3.05, 3.63) is 28.7 Å². The Morgan fingerprint density at radius 3 is 3.16 bits per heavy atom. The van der Waals surface area contributed by atoms with Crippen LogP contribution in [-0.2, 0) is 9.53 Å². The summed E-state index contributed by atoms with van der Waals surface area (Å²) >= 11 is 3.38. The van der Waals surface area contributed by atoms with E-state index in [0.29, 0.717) is 26.2 Å². The van der Waals surface area contributed by atoms with E-state index in [1.165, 1.54) is 0 Å². The fourth-order valence-corrected chi connectivity index (χ4v) is 2.44. The number of benzene rings is 1. The lowest BCUT2D eigenvalue weighted by Gasteiger charge is -2.31. The van der Waals surface area contributed by atoms with Crippen molar-refractivity contribution in [2.24, 2.45) is 5.73 Å². The van der Waals surface area contributed by atoms with Gasteiger partial charge in [0.25, 0.3) is 0 Å². The molecule has 1 aromatic rings. The largest absolute Gasteiger partial charge is 0.374 e. The molecule has 2 rings (SSSR count). The SMILES string of the molecule is NCC1CN(CC(=O)Nc2cccc(Br)c2)CCO1. The molecule has 1 aliphatic heterocycles. The third kappa shape index (κ3) is 4.58. The maximum atomic E-state index is 11.9. The van der Waals surface area contributed by atoms with Crippen LogP contribution in [0.4, 0.5) is 5.69 Å². The van der Waals surface area contributed by atoms with Gasteiger partial charge in [-0.25, -0.2) is 0 Å². The molecule has 1 saturated heterocycles. The lowest BCUT2D eigenvalue weighted by atomic mass is 10.2. The Hall–Kier alpha value is -0.950. The molecule has 1 atom stereocenters. The summed E-state index contributed by atoms with van der Waals surface area (Å²) in [7, 11) is 0. The Labute approximate surface area is 121 Å². The van der Waals surface area contributed by atoms with Crippen LogP contribution in [-0.4, -0.2) is 49.7 Å². The van der Waals surface area contributed by atoms with E-state index in [4.69, 9.17) is 10.5 Å². The highest BCUT2D eigenvalue weighted by molar-refractivity contribution is 9.10. The molecule has 0 saturated carbocycles. The summed E-state index contributed by atoms with van der Waals surface area (Å²) in [6.45, 7) is 2.97. The number of nitrogens with two attached hydrogens (primary N) is 1. The number of nitrogens with zero attached hydrogens (tertiary/aromatic N) is 1. The summed E-state index contributed by atoms with van der Waals surface area (Å²) in [5.74, 6) is -0.0178. The Bertz CT molecular complexity index is 442. The van der Waals surface area contributed by atoms with Crippen molar-refractivity contribution in [1.82, 2.24) is 4.90 Å². The molecule has 1 fully saturated rings. The van der Waals surface area contributed by atoms with Crippen LogP contribution in [0.2, 0.25) is 0 Å². The third-order valence-corrected chi connectivity index (χ3v) is 3.45. The lowest BCUT2D eigenvalue weighted by molar-refractivity contribution is -0.119. The summed E-state index contributed by atoms with van der Waals surface area (Å²) in [6, 6.07) is 7.55. The third-order valence-electron chi connectivity index (χ3n) is 2.96. The average Bonchev–Trinajstić information content (AvgIpc) is 2.38. The van der Waals surface area contributed by atoms with Crippen molar-refractivity contribution >= 4 is 27.5 Å². The van der Waals surface area contributed by atoms with Crippen molar-refractivity contribution in [2.75, 3.05) is 38.1 Å². The maximum Gasteiger partial charge on any atom is 0.238 e. The van der Waals surface area contributed by atoms with Gasteiger partial charge in [0.05, 0.1) is 19.3 Å². The second-order valence-corrected chi connectivity index (χ2v) is 5.44. The number of hydrogen-bond donors (Lipinski definition) is 2. The first-order valence-corrected chi connectivity index (χ1v) is 7.06. The van der Waals surface area contributed by atoms with Gasteiger partial charge in [0.2, 0.25) is 5.91 Å². The van der Waals surface area contributed by atoms with Crippen LogP contribution in [0.3, 0.4) is 0 Å². The summed E-state index contributed by atoms with van der Waals surface area (Å²) in [4.78, 5) is 14.0. The molecular weight excluding hydrogens is 310 g/mol. The van der Waals surface area contributed by atoms with Crippen LogP contribution in [0, 0.1) is 0 Å². The summed E-state index contributed by atoms with van der Waals surface area (Å²) < 4.78 is 6.41. The second kappa shape index (κ2) is 7.00. The number of carbonyl (C=O) groups is 1. The molecule has 1 unspecified atom stereocenters. The van der Waals surface area contributed by atoms with E-state index in [1.807, 2.05) is 24.3 Å². The van der Waals surface area contributed by atoms with Crippen LogP contribution in [0.1, 0.15) is 0 Å². The first-order chi connectivity index (χ1) is 9.17. The molecule has 104 valence electrons. The van der Waals surface area contributed by atoms with E-state index in [1.54, 1.807) is 0 Å².